The van der Waals surface area contributed by atoms with Gasteiger partial charge in [-0.15, -0.1) is 0 Å². The van der Waals surface area contributed by atoms with Gasteiger partial charge in [-0.1, -0.05) is 32.8 Å². The number of oxazole rings is 1. The number of anilines is 2. The van der Waals surface area contributed by atoms with E-state index in [1.807, 2.05) is 18.2 Å². The van der Waals surface area contributed by atoms with Crippen LogP contribution in [-0.2, 0) is 0 Å². The predicted molar refractivity (Wildman–Crippen MR) is 82.6 cm³/mol. The van der Waals surface area contributed by atoms with E-state index in [1.165, 1.54) is 25.7 Å². The molecule has 1 saturated carbocycles. The smallest absolute Gasteiger partial charge is 0.295 e. The molecule has 3 N–H and O–H groups in total. The molecule has 0 amide bonds. The Kier molecular flexibility index (Phi) is 3.55. The van der Waals surface area contributed by atoms with Crippen LogP contribution < -0.4 is 11.1 Å². The molecule has 1 aromatic carbocycles. The molecular weight excluding hydrogens is 250 g/mol. The highest BCUT2D eigenvalue weighted by atomic mass is 16.4. The molecule has 1 fully saturated rings. The third kappa shape index (κ3) is 2.47. The maximum absolute atomic E-state index is 5.93. The monoisotopic (exact) mass is 273 g/mol. The van der Waals surface area contributed by atoms with Crippen LogP contribution in [0.5, 0.6) is 0 Å². The Labute approximate surface area is 119 Å². The van der Waals surface area contributed by atoms with Gasteiger partial charge in [0, 0.05) is 6.04 Å². The van der Waals surface area contributed by atoms with Crippen molar-refractivity contribution in [3.05, 3.63) is 18.2 Å². The van der Waals surface area contributed by atoms with Crippen LogP contribution in [0.15, 0.2) is 22.6 Å². The summed E-state index contributed by atoms with van der Waals surface area (Å²) in [5, 5.41) is 3.50. The average molecular weight is 273 g/mol. The molecule has 2 unspecified atom stereocenters. The summed E-state index contributed by atoms with van der Waals surface area (Å²) in [5.41, 5.74) is 8.11. The summed E-state index contributed by atoms with van der Waals surface area (Å²) >= 11 is 0. The van der Waals surface area contributed by atoms with Crippen LogP contribution in [0.4, 0.5) is 11.7 Å². The van der Waals surface area contributed by atoms with Gasteiger partial charge in [0.1, 0.15) is 5.52 Å². The van der Waals surface area contributed by atoms with Gasteiger partial charge in [-0.3, -0.25) is 0 Å². The van der Waals surface area contributed by atoms with Crippen LogP contribution in [0.3, 0.4) is 0 Å². The van der Waals surface area contributed by atoms with E-state index in [1.54, 1.807) is 0 Å². The van der Waals surface area contributed by atoms with E-state index in [2.05, 4.69) is 24.1 Å². The van der Waals surface area contributed by atoms with Crippen LogP contribution in [0.2, 0.25) is 0 Å². The second kappa shape index (κ2) is 5.35. The van der Waals surface area contributed by atoms with Gasteiger partial charge in [-0.25, -0.2) is 0 Å². The van der Waals surface area contributed by atoms with E-state index in [-0.39, 0.29) is 0 Å². The number of nitrogen functional groups attached to an aromatic ring is 1. The van der Waals surface area contributed by atoms with Gasteiger partial charge >= 0.3 is 0 Å². The first-order valence-corrected chi connectivity index (χ1v) is 7.56. The van der Waals surface area contributed by atoms with E-state index in [9.17, 15) is 0 Å². The van der Waals surface area contributed by atoms with E-state index >= 15 is 0 Å². The number of fused-ring (bicyclic) bond motifs is 1. The number of hydrogen-bond donors (Lipinski definition) is 2. The van der Waals surface area contributed by atoms with Crippen LogP contribution in [-0.4, -0.2) is 11.0 Å². The van der Waals surface area contributed by atoms with Crippen molar-refractivity contribution in [2.24, 2.45) is 11.8 Å². The molecule has 0 spiro atoms. The SMILES string of the molecule is CC(C)C1CCCCC1Nc1nc2c(N)cccc2o1. The first-order chi connectivity index (χ1) is 9.65. The number of nitrogens with two attached hydrogens (primary N) is 1. The van der Waals surface area contributed by atoms with Gasteiger partial charge in [-0.2, -0.15) is 4.98 Å². The van der Waals surface area contributed by atoms with Crippen molar-refractivity contribution < 1.29 is 4.42 Å². The van der Waals surface area contributed by atoms with Crippen molar-refractivity contribution in [2.45, 2.75) is 45.6 Å². The zero-order valence-corrected chi connectivity index (χ0v) is 12.2. The molecule has 4 heteroatoms. The first kappa shape index (κ1) is 13.3. The standard InChI is InChI=1S/C16H23N3O/c1-10(2)11-6-3-4-8-13(11)18-16-19-15-12(17)7-5-9-14(15)20-16/h5,7,9-11,13H,3-4,6,8,17H2,1-2H3,(H,18,19). The lowest BCUT2D eigenvalue weighted by molar-refractivity contribution is 0.251. The van der Waals surface area contributed by atoms with Gasteiger partial charge in [0.05, 0.1) is 5.69 Å². The third-order valence-corrected chi connectivity index (χ3v) is 4.43. The molecule has 20 heavy (non-hydrogen) atoms. The van der Waals surface area contributed by atoms with Crippen LogP contribution in [0.1, 0.15) is 39.5 Å². The maximum Gasteiger partial charge on any atom is 0.295 e. The Hall–Kier alpha value is -1.71. The van der Waals surface area contributed by atoms with E-state index < -0.39 is 0 Å². The number of benzene rings is 1. The van der Waals surface area contributed by atoms with Crippen LogP contribution in [0, 0.1) is 11.8 Å². The Balaban J connectivity index is 1.82. The van der Waals surface area contributed by atoms with Crippen molar-refractivity contribution in [1.82, 2.24) is 4.98 Å². The first-order valence-electron chi connectivity index (χ1n) is 7.56. The van der Waals surface area contributed by atoms with E-state index in [0.29, 0.717) is 29.6 Å². The van der Waals surface area contributed by atoms with E-state index in [0.717, 1.165) is 11.1 Å². The van der Waals surface area contributed by atoms with Crippen molar-refractivity contribution in [1.29, 1.82) is 0 Å². The second-order valence-electron chi connectivity index (χ2n) is 6.16. The van der Waals surface area contributed by atoms with Crippen LogP contribution >= 0.6 is 0 Å². The van der Waals surface area contributed by atoms with Gasteiger partial charge in [0.25, 0.3) is 6.01 Å². The van der Waals surface area contributed by atoms with Gasteiger partial charge in [0.15, 0.2) is 5.58 Å². The fourth-order valence-electron chi connectivity index (χ4n) is 3.33. The fourth-order valence-corrected chi connectivity index (χ4v) is 3.33. The summed E-state index contributed by atoms with van der Waals surface area (Å²) in [5.74, 6) is 1.37. The number of aromatic nitrogens is 1. The molecule has 3 rings (SSSR count). The molecule has 0 saturated heterocycles. The summed E-state index contributed by atoms with van der Waals surface area (Å²) in [6.45, 7) is 4.60. The number of rotatable bonds is 3. The largest absolute Gasteiger partial charge is 0.423 e. The fraction of sp³-hybridized carbons (Fsp3) is 0.562. The highest BCUT2D eigenvalue weighted by Crippen LogP contribution is 2.33. The second-order valence-corrected chi connectivity index (χ2v) is 6.16. The molecule has 4 nitrogen and oxygen atoms in total. The lowest BCUT2D eigenvalue weighted by Gasteiger charge is -2.34. The number of nitrogens with one attached hydrogen (secondary N) is 1. The Bertz CT molecular complexity index is 590. The number of nitrogens with zero attached hydrogens (tertiary/aromatic N) is 1. The van der Waals surface area contributed by atoms with Crippen molar-refractivity contribution in [3.8, 4) is 0 Å². The minimum Gasteiger partial charge on any atom is -0.423 e. The summed E-state index contributed by atoms with van der Waals surface area (Å²) in [6.07, 6.45) is 5.10. The molecule has 2 atom stereocenters. The molecule has 108 valence electrons. The van der Waals surface area contributed by atoms with Gasteiger partial charge < -0.3 is 15.5 Å². The molecule has 1 aliphatic carbocycles. The summed E-state index contributed by atoms with van der Waals surface area (Å²) in [6, 6.07) is 6.72. The highest BCUT2D eigenvalue weighted by molar-refractivity contribution is 5.86. The summed E-state index contributed by atoms with van der Waals surface area (Å²) < 4.78 is 5.78. The summed E-state index contributed by atoms with van der Waals surface area (Å²) in [4.78, 5) is 4.50. The molecule has 0 aliphatic heterocycles. The van der Waals surface area contributed by atoms with E-state index in [4.69, 9.17) is 10.2 Å². The molecule has 0 radical (unpaired) electrons. The molecule has 0 bridgehead atoms. The molecule has 1 aromatic heterocycles. The maximum atomic E-state index is 5.93. The van der Waals surface area contributed by atoms with Crippen molar-refractivity contribution in [2.75, 3.05) is 11.1 Å². The van der Waals surface area contributed by atoms with Crippen molar-refractivity contribution >= 4 is 22.8 Å². The lowest BCUT2D eigenvalue weighted by atomic mass is 9.78. The quantitative estimate of drug-likeness (QED) is 0.828. The van der Waals surface area contributed by atoms with Gasteiger partial charge in [-0.05, 0) is 36.8 Å². The predicted octanol–water partition coefficient (Wildman–Crippen LogP) is 4.04. The molecule has 1 heterocycles. The highest BCUT2D eigenvalue weighted by Gasteiger charge is 2.28. The average Bonchev–Trinajstić information content (AvgIpc) is 2.83. The normalized spacial score (nSPS) is 23.4. The minimum absolute atomic E-state index is 0.457. The zero-order valence-electron chi connectivity index (χ0n) is 12.2. The Morgan fingerprint density at radius 1 is 1.30 bits per heavy atom. The molecule has 1 aliphatic rings. The topological polar surface area (TPSA) is 64.1 Å². The van der Waals surface area contributed by atoms with Crippen molar-refractivity contribution in [3.63, 3.8) is 0 Å². The van der Waals surface area contributed by atoms with Crippen LogP contribution in [0.25, 0.3) is 11.1 Å². The number of para-hydroxylation sites is 1. The molecule has 2 aromatic rings. The van der Waals surface area contributed by atoms with Gasteiger partial charge in [0.2, 0.25) is 0 Å². The zero-order chi connectivity index (χ0) is 14.1. The lowest BCUT2D eigenvalue weighted by Crippen LogP contribution is -2.35. The Morgan fingerprint density at radius 3 is 2.85 bits per heavy atom. The third-order valence-electron chi connectivity index (χ3n) is 4.43. The Morgan fingerprint density at radius 2 is 2.10 bits per heavy atom. The number of hydrogen-bond acceptors (Lipinski definition) is 4. The summed E-state index contributed by atoms with van der Waals surface area (Å²) in [7, 11) is 0. The molecular formula is C16H23N3O. The minimum atomic E-state index is 0.457.